The number of esters is 1. The smallest absolute Gasteiger partial charge is 0.305 e. The second-order valence-corrected chi connectivity index (χ2v) is 4.15. The van der Waals surface area contributed by atoms with Crippen LogP contribution in [-0.2, 0) is 9.53 Å². The molecule has 0 amide bonds. The molecule has 2 nitrogen and oxygen atoms in total. The molecular weight excluding hydrogens is 212 g/mol. The first-order chi connectivity index (χ1) is 8.31. The Morgan fingerprint density at radius 3 is 2.35 bits per heavy atom. The molecule has 0 bridgehead atoms. The van der Waals surface area contributed by atoms with E-state index in [4.69, 9.17) is 0 Å². The van der Waals surface area contributed by atoms with Crippen molar-refractivity contribution in [3.8, 4) is 0 Å². The minimum Gasteiger partial charge on any atom is -0.469 e. The van der Waals surface area contributed by atoms with Gasteiger partial charge >= 0.3 is 5.97 Å². The van der Waals surface area contributed by atoms with Crippen LogP contribution >= 0.6 is 0 Å². The molecule has 0 fully saturated rings. The van der Waals surface area contributed by atoms with Gasteiger partial charge in [0.05, 0.1) is 7.11 Å². The summed E-state index contributed by atoms with van der Waals surface area (Å²) in [4.78, 5) is 10.8. The Balaban J connectivity index is 3.16. The summed E-state index contributed by atoms with van der Waals surface area (Å²) in [6.07, 6.45) is 17.2. The lowest BCUT2D eigenvalue weighted by Crippen LogP contribution is -1.98. The number of methoxy groups -OCH3 is 1. The first-order valence-corrected chi connectivity index (χ1v) is 6.69. The van der Waals surface area contributed by atoms with Gasteiger partial charge in [0.25, 0.3) is 0 Å². The van der Waals surface area contributed by atoms with Crippen LogP contribution in [0.4, 0.5) is 0 Å². The van der Waals surface area contributed by atoms with E-state index < -0.39 is 0 Å². The molecule has 0 rings (SSSR count). The summed E-state index contributed by atoms with van der Waals surface area (Å²) in [7, 11) is 1.45. The summed E-state index contributed by atoms with van der Waals surface area (Å²) in [5.41, 5.74) is 0. The molecule has 0 saturated carbocycles. The Bertz CT molecular complexity index is 229. The molecule has 2 heteroatoms. The van der Waals surface area contributed by atoms with Crippen molar-refractivity contribution < 1.29 is 9.53 Å². The predicted molar refractivity (Wildman–Crippen MR) is 72.9 cm³/mol. The maximum Gasteiger partial charge on any atom is 0.305 e. The fraction of sp³-hybridized carbons (Fsp3) is 0.667. The summed E-state index contributed by atoms with van der Waals surface area (Å²) < 4.78 is 4.59. The van der Waals surface area contributed by atoms with Crippen LogP contribution in [0.2, 0.25) is 0 Å². The van der Waals surface area contributed by atoms with Gasteiger partial charge in [0.15, 0.2) is 0 Å². The predicted octanol–water partition coefficient (Wildman–Crippen LogP) is 4.41. The molecule has 0 aromatic heterocycles. The largest absolute Gasteiger partial charge is 0.469 e. The third kappa shape index (κ3) is 12.9. The zero-order valence-electron chi connectivity index (χ0n) is 11.3. The normalized spacial score (nSPS) is 11.4. The fourth-order valence-corrected chi connectivity index (χ4v) is 1.55. The summed E-state index contributed by atoms with van der Waals surface area (Å²) in [6.45, 7) is 2.14. The number of hydrogen-bond donors (Lipinski definition) is 0. The number of allylic oxidation sites excluding steroid dienone is 4. The van der Waals surface area contributed by atoms with Crippen LogP contribution in [0.25, 0.3) is 0 Å². The molecule has 0 atom stereocenters. The number of hydrogen-bond acceptors (Lipinski definition) is 2. The highest BCUT2D eigenvalue weighted by Gasteiger charge is 1.98. The molecule has 0 aliphatic heterocycles. The number of ether oxygens (including phenoxy) is 1. The molecule has 0 saturated heterocycles. The molecule has 0 radical (unpaired) electrons. The molecule has 0 unspecified atom stereocenters. The van der Waals surface area contributed by atoms with Crippen molar-refractivity contribution in [1.82, 2.24) is 0 Å². The molecule has 0 aromatic rings. The van der Waals surface area contributed by atoms with E-state index in [1.807, 2.05) is 0 Å². The van der Waals surface area contributed by atoms with Crippen molar-refractivity contribution in [2.24, 2.45) is 0 Å². The quantitative estimate of drug-likeness (QED) is 0.320. The fourth-order valence-electron chi connectivity index (χ4n) is 1.55. The number of rotatable bonds is 10. The van der Waals surface area contributed by atoms with Gasteiger partial charge < -0.3 is 4.74 Å². The Kier molecular flexibility index (Phi) is 12.2. The van der Waals surface area contributed by atoms with Gasteiger partial charge in [0, 0.05) is 6.42 Å². The van der Waals surface area contributed by atoms with Gasteiger partial charge in [0.2, 0.25) is 0 Å². The first-order valence-electron chi connectivity index (χ1n) is 6.69. The second kappa shape index (κ2) is 13.0. The number of carbonyl (C=O) groups is 1. The van der Waals surface area contributed by atoms with E-state index in [0.29, 0.717) is 6.42 Å². The van der Waals surface area contributed by atoms with Gasteiger partial charge in [-0.15, -0.1) is 0 Å². The third-order valence-electron chi connectivity index (χ3n) is 2.60. The van der Waals surface area contributed by atoms with Crippen molar-refractivity contribution in [1.29, 1.82) is 0 Å². The van der Waals surface area contributed by atoms with Crippen molar-refractivity contribution >= 4 is 5.97 Å². The van der Waals surface area contributed by atoms with Gasteiger partial charge in [-0.25, -0.2) is 0 Å². The van der Waals surface area contributed by atoms with Crippen LogP contribution in [0.3, 0.4) is 0 Å². The molecule has 0 heterocycles. The van der Waals surface area contributed by atoms with E-state index in [-0.39, 0.29) is 5.97 Å². The van der Waals surface area contributed by atoms with Crippen LogP contribution in [0.1, 0.15) is 58.3 Å². The highest BCUT2D eigenvalue weighted by molar-refractivity contribution is 5.68. The van der Waals surface area contributed by atoms with E-state index in [2.05, 4.69) is 36.0 Å². The maximum atomic E-state index is 10.8. The number of unbranched alkanes of at least 4 members (excludes halogenated alkanes) is 5. The molecule has 17 heavy (non-hydrogen) atoms. The van der Waals surface area contributed by atoms with Crippen LogP contribution in [-0.4, -0.2) is 13.1 Å². The SMILES string of the molecule is CCC=CC=CCCCCCCCC(=O)OC. The summed E-state index contributed by atoms with van der Waals surface area (Å²) >= 11 is 0. The molecule has 0 N–H and O–H groups in total. The van der Waals surface area contributed by atoms with E-state index in [0.717, 1.165) is 25.7 Å². The highest BCUT2D eigenvalue weighted by atomic mass is 16.5. The molecule has 0 aliphatic carbocycles. The molecule has 0 aromatic carbocycles. The van der Waals surface area contributed by atoms with Crippen LogP contribution < -0.4 is 0 Å². The highest BCUT2D eigenvalue weighted by Crippen LogP contribution is 2.08. The van der Waals surface area contributed by atoms with Crippen LogP contribution in [0.15, 0.2) is 24.3 Å². The first kappa shape index (κ1) is 16.0. The molecule has 98 valence electrons. The Hall–Kier alpha value is -1.05. The minimum absolute atomic E-state index is 0.0874. The Labute approximate surface area is 106 Å². The zero-order chi connectivity index (χ0) is 12.8. The van der Waals surface area contributed by atoms with E-state index >= 15 is 0 Å². The molecule has 0 aliphatic rings. The number of carbonyl (C=O) groups excluding carboxylic acids is 1. The van der Waals surface area contributed by atoms with Crippen LogP contribution in [0.5, 0.6) is 0 Å². The topological polar surface area (TPSA) is 26.3 Å². The minimum atomic E-state index is -0.0874. The van der Waals surface area contributed by atoms with Gasteiger partial charge in [-0.1, -0.05) is 50.5 Å². The van der Waals surface area contributed by atoms with Gasteiger partial charge in [-0.3, -0.25) is 4.79 Å². The molecular formula is C15H26O2. The van der Waals surface area contributed by atoms with E-state index in [9.17, 15) is 4.79 Å². The van der Waals surface area contributed by atoms with E-state index in [1.165, 1.54) is 26.4 Å². The summed E-state index contributed by atoms with van der Waals surface area (Å²) in [6, 6.07) is 0. The van der Waals surface area contributed by atoms with Gasteiger partial charge in [-0.05, 0) is 25.7 Å². The zero-order valence-corrected chi connectivity index (χ0v) is 11.3. The second-order valence-electron chi connectivity index (χ2n) is 4.15. The Morgan fingerprint density at radius 2 is 1.65 bits per heavy atom. The average Bonchev–Trinajstić information content (AvgIpc) is 2.35. The van der Waals surface area contributed by atoms with Gasteiger partial charge in [-0.2, -0.15) is 0 Å². The lowest BCUT2D eigenvalue weighted by Gasteiger charge is -1.99. The summed E-state index contributed by atoms with van der Waals surface area (Å²) in [5, 5.41) is 0. The maximum absolute atomic E-state index is 10.8. The van der Waals surface area contributed by atoms with Crippen molar-refractivity contribution in [2.45, 2.75) is 58.3 Å². The Morgan fingerprint density at radius 1 is 1.00 bits per heavy atom. The third-order valence-corrected chi connectivity index (χ3v) is 2.60. The summed E-state index contributed by atoms with van der Waals surface area (Å²) in [5.74, 6) is -0.0874. The monoisotopic (exact) mass is 238 g/mol. The lowest BCUT2D eigenvalue weighted by atomic mass is 10.1. The van der Waals surface area contributed by atoms with Crippen LogP contribution in [0, 0.1) is 0 Å². The van der Waals surface area contributed by atoms with Crippen molar-refractivity contribution in [3.05, 3.63) is 24.3 Å². The average molecular weight is 238 g/mol. The van der Waals surface area contributed by atoms with Crippen molar-refractivity contribution in [2.75, 3.05) is 7.11 Å². The lowest BCUT2D eigenvalue weighted by molar-refractivity contribution is -0.140. The standard InChI is InChI=1S/C15H26O2/c1-3-4-5-6-7-8-9-10-11-12-13-14-15(16)17-2/h4-7H,3,8-14H2,1-2H3. The molecule has 0 spiro atoms. The van der Waals surface area contributed by atoms with E-state index in [1.54, 1.807) is 0 Å². The van der Waals surface area contributed by atoms with Gasteiger partial charge in [0.1, 0.15) is 0 Å². The van der Waals surface area contributed by atoms with Crippen molar-refractivity contribution in [3.63, 3.8) is 0 Å².